The number of carbonyl (C=O) groups excluding carboxylic acids is 1. The van der Waals surface area contributed by atoms with Gasteiger partial charge in [0.1, 0.15) is 5.56 Å². The molecular weight excluding hydrogens is 236 g/mol. The van der Waals surface area contributed by atoms with E-state index in [2.05, 4.69) is 4.98 Å². The summed E-state index contributed by atoms with van der Waals surface area (Å²) in [6.45, 7) is 0.369. The fourth-order valence-corrected chi connectivity index (χ4v) is 2.06. The third kappa shape index (κ3) is 2.35. The molecule has 0 aliphatic heterocycles. The molecule has 1 aliphatic rings. The average Bonchev–Trinajstić information content (AvgIpc) is 3.13. The summed E-state index contributed by atoms with van der Waals surface area (Å²) in [5, 5.41) is 0. The van der Waals surface area contributed by atoms with Crippen LogP contribution in [0.2, 0.25) is 0 Å². The van der Waals surface area contributed by atoms with Crippen LogP contribution in [-0.4, -0.2) is 40.4 Å². The van der Waals surface area contributed by atoms with E-state index in [0.29, 0.717) is 12.5 Å². The molecule has 0 saturated heterocycles. The Morgan fingerprint density at radius 1 is 1.56 bits per heavy atom. The summed E-state index contributed by atoms with van der Waals surface area (Å²) >= 11 is 0. The smallest absolute Gasteiger partial charge is 0.325 e. The highest BCUT2D eigenvalue weighted by Crippen LogP contribution is 2.34. The first kappa shape index (κ1) is 12.6. The maximum atomic E-state index is 12.1. The number of rotatable bonds is 4. The van der Waals surface area contributed by atoms with Gasteiger partial charge in [0.15, 0.2) is 0 Å². The van der Waals surface area contributed by atoms with Crippen molar-refractivity contribution in [2.24, 2.45) is 11.7 Å². The Hall–Kier alpha value is -1.89. The predicted molar refractivity (Wildman–Crippen MR) is 65.3 cm³/mol. The number of hydrogen-bond donors (Lipinski definition) is 3. The van der Waals surface area contributed by atoms with E-state index in [1.807, 2.05) is 4.98 Å². The highest BCUT2D eigenvalue weighted by atomic mass is 16.2. The molecule has 4 N–H and O–H groups in total. The van der Waals surface area contributed by atoms with E-state index < -0.39 is 17.2 Å². The first-order valence-electron chi connectivity index (χ1n) is 5.84. The summed E-state index contributed by atoms with van der Waals surface area (Å²) in [5.74, 6) is 0.000595. The van der Waals surface area contributed by atoms with E-state index in [4.69, 9.17) is 5.73 Å². The van der Waals surface area contributed by atoms with Gasteiger partial charge in [-0.25, -0.2) is 4.79 Å². The second-order valence-corrected chi connectivity index (χ2v) is 4.54. The maximum absolute atomic E-state index is 12.1. The van der Waals surface area contributed by atoms with Gasteiger partial charge in [-0.3, -0.25) is 14.6 Å². The number of H-pyrrole nitrogens is 2. The monoisotopic (exact) mass is 252 g/mol. The number of likely N-dealkylation sites (N-methyl/N-ethyl adjacent to an activating group) is 1. The van der Waals surface area contributed by atoms with Crippen LogP contribution in [0.15, 0.2) is 15.8 Å². The zero-order valence-corrected chi connectivity index (χ0v) is 10.1. The Bertz CT molecular complexity index is 558. The summed E-state index contributed by atoms with van der Waals surface area (Å²) in [7, 11) is 1.63. The lowest BCUT2D eigenvalue weighted by Gasteiger charge is -2.26. The minimum Gasteiger partial charge on any atom is -0.337 e. The van der Waals surface area contributed by atoms with Gasteiger partial charge in [-0.15, -0.1) is 0 Å². The lowest BCUT2D eigenvalue weighted by molar-refractivity contribution is 0.0716. The van der Waals surface area contributed by atoms with Gasteiger partial charge in [0.25, 0.3) is 11.5 Å². The fraction of sp³-hybridized carbons (Fsp3) is 0.545. The molecule has 0 spiro atoms. The summed E-state index contributed by atoms with van der Waals surface area (Å²) in [5.41, 5.74) is 4.28. The Kier molecular flexibility index (Phi) is 3.33. The number of hydrogen-bond acceptors (Lipinski definition) is 4. The van der Waals surface area contributed by atoms with Crippen molar-refractivity contribution < 1.29 is 4.79 Å². The number of nitrogens with zero attached hydrogens (tertiary/aromatic N) is 1. The topological polar surface area (TPSA) is 112 Å². The van der Waals surface area contributed by atoms with E-state index >= 15 is 0 Å². The molecular formula is C11H16N4O3. The zero-order chi connectivity index (χ0) is 13.3. The van der Waals surface area contributed by atoms with Gasteiger partial charge in [-0.1, -0.05) is 0 Å². The normalized spacial score (nSPS) is 16.3. The molecule has 1 amide bonds. The van der Waals surface area contributed by atoms with Crippen molar-refractivity contribution in [3.8, 4) is 0 Å². The molecule has 0 bridgehead atoms. The van der Waals surface area contributed by atoms with E-state index in [9.17, 15) is 14.4 Å². The second kappa shape index (κ2) is 4.77. The molecule has 1 aromatic heterocycles. The molecule has 98 valence electrons. The molecule has 18 heavy (non-hydrogen) atoms. The summed E-state index contributed by atoms with van der Waals surface area (Å²) in [6, 6.07) is -0.0520. The van der Waals surface area contributed by atoms with Crippen LogP contribution in [0.4, 0.5) is 0 Å². The van der Waals surface area contributed by atoms with Crippen molar-refractivity contribution in [1.29, 1.82) is 0 Å². The largest absolute Gasteiger partial charge is 0.337 e. The van der Waals surface area contributed by atoms with Gasteiger partial charge in [0, 0.05) is 25.8 Å². The molecule has 1 heterocycles. The number of nitrogens with two attached hydrogens (primary N) is 1. The quantitative estimate of drug-likeness (QED) is 0.629. The van der Waals surface area contributed by atoms with Crippen LogP contribution in [0.25, 0.3) is 0 Å². The first-order chi connectivity index (χ1) is 8.54. The van der Waals surface area contributed by atoms with Gasteiger partial charge < -0.3 is 15.6 Å². The zero-order valence-electron chi connectivity index (χ0n) is 10.1. The van der Waals surface area contributed by atoms with E-state index in [-0.39, 0.29) is 11.6 Å². The number of amides is 1. The van der Waals surface area contributed by atoms with Crippen LogP contribution in [0.3, 0.4) is 0 Å². The summed E-state index contributed by atoms with van der Waals surface area (Å²) < 4.78 is 0. The third-order valence-corrected chi connectivity index (χ3v) is 3.28. The van der Waals surface area contributed by atoms with E-state index in [1.165, 1.54) is 4.90 Å². The molecule has 1 aliphatic carbocycles. The van der Waals surface area contributed by atoms with Crippen LogP contribution in [0.5, 0.6) is 0 Å². The molecule has 1 fully saturated rings. The molecule has 7 nitrogen and oxygen atoms in total. The van der Waals surface area contributed by atoms with Crippen molar-refractivity contribution in [2.45, 2.75) is 18.9 Å². The minimum absolute atomic E-state index is 0.0520. The lowest BCUT2D eigenvalue weighted by atomic mass is 10.1. The lowest BCUT2D eigenvalue weighted by Crippen LogP contribution is -2.45. The van der Waals surface area contributed by atoms with Crippen molar-refractivity contribution in [3.63, 3.8) is 0 Å². The van der Waals surface area contributed by atoms with Gasteiger partial charge >= 0.3 is 5.69 Å². The van der Waals surface area contributed by atoms with Crippen LogP contribution < -0.4 is 17.0 Å². The van der Waals surface area contributed by atoms with Gasteiger partial charge in [-0.2, -0.15) is 0 Å². The number of aromatic amines is 2. The first-order valence-corrected chi connectivity index (χ1v) is 5.84. The molecule has 0 aromatic carbocycles. The number of carbonyl (C=O) groups is 1. The van der Waals surface area contributed by atoms with Crippen molar-refractivity contribution >= 4 is 5.91 Å². The van der Waals surface area contributed by atoms with Crippen molar-refractivity contribution in [2.75, 3.05) is 13.6 Å². The Labute approximate surface area is 103 Å². The molecule has 0 radical (unpaired) electrons. The van der Waals surface area contributed by atoms with Crippen molar-refractivity contribution in [3.05, 3.63) is 32.6 Å². The van der Waals surface area contributed by atoms with Gasteiger partial charge in [0.2, 0.25) is 0 Å². The van der Waals surface area contributed by atoms with Crippen LogP contribution in [0.1, 0.15) is 23.2 Å². The molecule has 1 unspecified atom stereocenters. The van der Waals surface area contributed by atoms with Gasteiger partial charge in [-0.05, 0) is 18.8 Å². The van der Waals surface area contributed by atoms with Crippen LogP contribution in [-0.2, 0) is 0 Å². The SMILES string of the molecule is CN(C(=O)c1c[nH]c(=O)[nH]c1=O)C(CN)C1CC1. The highest BCUT2D eigenvalue weighted by Gasteiger charge is 2.35. The van der Waals surface area contributed by atoms with Crippen molar-refractivity contribution in [1.82, 2.24) is 14.9 Å². The third-order valence-electron chi connectivity index (χ3n) is 3.28. The molecule has 1 saturated carbocycles. The molecule has 1 atom stereocenters. The van der Waals surface area contributed by atoms with E-state index in [1.54, 1.807) is 7.05 Å². The van der Waals surface area contributed by atoms with Gasteiger partial charge in [0.05, 0.1) is 0 Å². The fourth-order valence-electron chi connectivity index (χ4n) is 2.06. The molecule has 7 heteroatoms. The Morgan fingerprint density at radius 2 is 2.22 bits per heavy atom. The maximum Gasteiger partial charge on any atom is 0.325 e. The van der Waals surface area contributed by atoms with Crippen LogP contribution in [0, 0.1) is 5.92 Å². The molecule has 1 aromatic rings. The Morgan fingerprint density at radius 3 is 2.72 bits per heavy atom. The summed E-state index contributed by atoms with van der Waals surface area (Å²) in [6.07, 6.45) is 3.25. The second-order valence-electron chi connectivity index (χ2n) is 4.54. The highest BCUT2D eigenvalue weighted by molar-refractivity contribution is 5.93. The number of nitrogens with one attached hydrogen (secondary N) is 2. The Balaban J connectivity index is 2.24. The van der Waals surface area contributed by atoms with Crippen LogP contribution >= 0.6 is 0 Å². The average molecular weight is 252 g/mol. The molecule has 2 rings (SSSR count). The standard InChI is InChI=1S/C11H16N4O3/c1-15(8(4-12)6-2-3-6)10(17)7-5-13-11(18)14-9(7)16/h5-6,8H,2-4,12H2,1H3,(H2,13,14,16,18). The minimum atomic E-state index is -0.679. The predicted octanol–water partition coefficient (Wildman–Crippen LogP) is -1.13. The summed E-state index contributed by atoms with van der Waals surface area (Å²) in [4.78, 5) is 40.4. The van der Waals surface area contributed by atoms with E-state index in [0.717, 1.165) is 19.0 Å². The number of aromatic nitrogens is 2.